The van der Waals surface area contributed by atoms with Crippen molar-refractivity contribution in [2.45, 2.75) is 34.2 Å². The van der Waals surface area contributed by atoms with Gasteiger partial charge in [0.25, 0.3) is 9.70 Å². The molecule has 3 aliphatic heterocycles. The smallest absolute Gasteiger partial charge is 0.404 e. The van der Waals surface area contributed by atoms with Crippen LogP contribution in [-0.2, 0) is 9.53 Å². The summed E-state index contributed by atoms with van der Waals surface area (Å²) in [5.74, 6) is -3.77. The lowest BCUT2D eigenvalue weighted by atomic mass is 9.84. The van der Waals surface area contributed by atoms with Gasteiger partial charge in [0.05, 0.1) is 5.82 Å². The van der Waals surface area contributed by atoms with Crippen LogP contribution in [0.3, 0.4) is 0 Å². The van der Waals surface area contributed by atoms with E-state index in [2.05, 4.69) is 27.5 Å². The second-order valence-electron chi connectivity index (χ2n) is 6.83. The van der Waals surface area contributed by atoms with Gasteiger partial charge in [-0.25, -0.2) is 9.79 Å². The average molecular weight is 458 g/mol. The van der Waals surface area contributed by atoms with Gasteiger partial charge in [-0.2, -0.15) is 0 Å². The number of nitrogens with two attached hydrogens (primary N) is 1. The molecule has 2 fully saturated rings. The van der Waals surface area contributed by atoms with E-state index in [1.54, 1.807) is 6.92 Å². The van der Waals surface area contributed by atoms with E-state index < -0.39 is 45.2 Å². The van der Waals surface area contributed by atoms with E-state index in [4.69, 9.17) is 45.3 Å². The van der Waals surface area contributed by atoms with Crippen molar-refractivity contribution in [3.63, 3.8) is 0 Å². The topological polar surface area (TPSA) is 162 Å². The van der Waals surface area contributed by atoms with Gasteiger partial charge in [-0.1, -0.05) is 48.3 Å². The normalized spacial score (nSPS) is 33.2. The fourth-order valence-corrected chi connectivity index (χ4v) is 3.96. The van der Waals surface area contributed by atoms with Crippen LogP contribution in [0.5, 0.6) is 0 Å². The van der Waals surface area contributed by atoms with E-state index in [0.29, 0.717) is 0 Å². The quantitative estimate of drug-likeness (QED) is 0.219. The van der Waals surface area contributed by atoms with Gasteiger partial charge >= 0.3 is 6.09 Å². The van der Waals surface area contributed by atoms with E-state index in [0.717, 1.165) is 0 Å². The lowest BCUT2D eigenvalue weighted by molar-refractivity contribution is -0.241. The number of aliphatic hydroxyl groups is 2. The van der Waals surface area contributed by atoms with Crippen molar-refractivity contribution in [2.75, 3.05) is 13.2 Å². The first-order valence-electron chi connectivity index (χ1n) is 8.15. The summed E-state index contributed by atoms with van der Waals surface area (Å²) in [6, 6.07) is -1.68. The van der Waals surface area contributed by atoms with Gasteiger partial charge < -0.3 is 36.2 Å². The largest absolute Gasteiger partial charge is 0.447 e. The summed E-state index contributed by atoms with van der Waals surface area (Å²) in [4.78, 5) is 29.1. The number of rotatable bonds is 2. The molecule has 0 aromatic carbocycles. The van der Waals surface area contributed by atoms with E-state index in [1.807, 2.05) is 0 Å². The minimum absolute atomic E-state index is 0.0911. The van der Waals surface area contributed by atoms with Gasteiger partial charge in [-0.3, -0.25) is 10.1 Å². The molecule has 14 heteroatoms. The molecular formula is C14H19Cl3N6O5. The van der Waals surface area contributed by atoms with Gasteiger partial charge in [0.2, 0.25) is 11.7 Å². The molecule has 0 aromatic heterocycles. The number of aliphatic imine (C=N–C) groups is 1. The maximum absolute atomic E-state index is 12.2. The molecule has 3 heterocycles. The minimum Gasteiger partial charge on any atom is -0.447 e. The molecule has 0 radical (unpaired) electrons. The molecule has 3 rings (SSSR count). The predicted octanol–water partition coefficient (Wildman–Crippen LogP) is -1.33. The molecule has 156 valence electrons. The number of hydrogen-bond donors (Lipinski definition) is 6. The third-order valence-corrected chi connectivity index (χ3v) is 5.57. The monoisotopic (exact) mass is 456 g/mol. The molecule has 28 heavy (non-hydrogen) atoms. The third kappa shape index (κ3) is 3.11. The number of hydrogen-bond acceptors (Lipinski definition) is 9. The first-order valence-corrected chi connectivity index (χ1v) is 9.28. The summed E-state index contributed by atoms with van der Waals surface area (Å²) < 4.78 is 2.57. The minimum atomic E-state index is -2.29. The van der Waals surface area contributed by atoms with Crippen LogP contribution in [0.2, 0.25) is 0 Å². The highest BCUT2D eigenvalue weighted by atomic mass is 35.6. The molecule has 0 aromatic rings. The molecular weight excluding hydrogens is 439 g/mol. The molecule has 0 unspecified atom stereocenters. The summed E-state index contributed by atoms with van der Waals surface area (Å²) in [7, 11) is 0. The Morgan fingerprint density at radius 3 is 2.71 bits per heavy atom. The Balaban J connectivity index is 2.07. The molecule has 0 aliphatic carbocycles. The van der Waals surface area contributed by atoms with Crippen molar-refractivity contribution in [3.05, 3.63) is 12.4 Å². The number of carbonyl (C=O) groups excluding carboxylic acids is 2. The Bertz CT molecular complexity index is 756. The van der Waals surface area contributed by atoms with Gasteiger partial charge in [0.1, 0.15) is 18.7 Å². The average Bonchev–Trinajstić information content (AvgIpc) is 3.01. The number of halogens is 3. The third-order valence-electron chi connectivity index (χ3n) is 5.06. The number of guanidine groups is 1. The highest BCUT2D eigenvalue weighted by molar-refractivity contribution is 6.76. The van der Waals surface area contributed by atoms with E-state index in [-0.39, 0.29) is 24.9 Å². The van der Waals surface area contributed by atoms with Crippen LogP contribution in [-0.4, -0.2) is 73.6 Å². The number of nitrogens with one attached hydrogen (secondary N) is 3. The fourth-order valence-electron chi connectivity index (χ4n) is 3.81. The lowest BCUT2D eigenvalue weighted by Gasteiger charge is -2.49. The second-order valence-corrected chi connectivity index (χ2v) is 9.11. The summed E-state index contributed by atoms with van der Waals surface area (Å²) in [6.07, 6.45) is -1.04. The van der Waals surface area contributed by atoms with Crippen LogP contribution in [0.15, 0.2) is 17.4 Å². The van der Waals surface area contributed by atoms with Crippen LogP contribution in [0.4, 0.5) is 4.79 Å². The summed E-state index contributed by atoms with van der Waals surface area (Å²) in [6.45, 7) is 5.16. The Morgan fingerprint density at radius 1 is 1.50 bits per heavy atom. The Labute approximate surface area is 174 Å². The first-order chi connectivity index (χ1) is 12.8. The first kappa shape index (κ1) is 21.1. The van der Waals surface area contributed by atoms with Gasteiger partial charge in [-0.05, 0) is 0 Å². The van der Waals surface area contributed by atoms with Crippen molar-refractivity contribution in [3.8, 4) is 0 Å². The number of carbonyl (C=O) groups is 2. The van der Waals surface area contributed by atoms with E-state index in [1.165, 1.54) is 4.90 Å². The Hall–Kier alpha value is -1.66. The molecule has 1 spiro atoms. The zero-order valence-corrected chi connectivity index (χ0v) is 16.8. The highest BCUT2D eigenvalue weighted by Crippen LogP contribution is 2.47. The van der Waals surface area contributed by atoms with Crippen molar-refractivity contribution in [1.82, 2.24) is 20.9 Å². The van der Waals surface area contributed by atoms with Crippen molar-refractivity contribution in [2.24, 2.45) is 16.6 Å². The number of primary amides is 1. The van der Waals surface area contributed by atoms with Crippen molar-refractivity contribution in [1.29, 1.82) is 0 Å². The number of alkyl halides is 3. The van der Waals surface area contributed by atoms with Crippen LogP contribution < -0.4 is 21.7 Å². The molecule has 2 amide bonds. The standard InChI is InChI=1S/C14H19Cl3N6O5/c1-5-3-23-11(21-9(24)14(15,16)17)20-7(4-28-10(18)25)8-12(23,13(5,26)27)22-6(2)19-8/h5,7-8,19,22,26-27H,2-4H2,1H3,(H2,18,25)(H,20,21,24)/t5-,7-,8-,12-/m0/s1. The van der Waals surface area contributed by atoms with Crippen LogP contribution in [0.25, 0.3) is 0 Å². The summed E-state index contributed by atoms with van der Waals surface area (Å²) in [5, 5.41) is 30.2. The van der Waals surface area contributed by atoms with E-state index >= 15 is 0 Å². The highest BCUT2D eigenvalue weighted by Gasteiger charge is 2.72. The second kappa shape index (κ2) is 6.70. The van der Waals surface area contributed by atoms with Gasteiger partial charge in [0.15, 0.2) is 5.66 Å². The predicted molar refractivity (Wildman–Crippen MR) is 100 cm³/mol. The molecule has 0 bridgehead atoms. The van der Waals surface area contributed by atoms with E-state index in [9.17, 15) is 19.8 Å². The Kier molecular flexibility index (Phi) is 5.04. The van der Waals surface area contributed by atoms with Crippen LogP contribution in [0.1, 0.15) is 6.92 Å². The maximum Gasteiger partial charge on any atom is 0.404 e. The number of ether oxygens (including phenoxy) is 1. The molecule has 2 saturated heterocycles. The Morgan fingerprint density at radius 2 is 2.14 bits per heavy atom. The van der Waals surface area contributed by atoms with Gasteiger partial charge in [0, 0.05) is 12.5 Å². The zero-order chi connectivity index (χ0) is 21.1. The number of nitrogens with zero attached hydrogens (tertiary/aromatic N) is 2. The molecule has 3 aliphatic rings. The summed E-state index contributed by atoms with van der Waals surface area (Å²) in [5.41, 5.74) is 3.44. The summed E-state index contributed by atoms with van der Waals surface area (Å²) >= 11 is 16.9. The lowest BCUT2D eigenvalue weighted by Crippen LogP contribution is -2.77. The molecule has 7 N–H and O–H groups in total. The fraction of sp³-hybridized carbons (Fsp3) is 0.643. The van der Waals surface area contributed by atoms with Crippen LogP contribution >= 0.6 is 34.8 Å². The maximum atomic E-state index is 12.2. The van der Waals surface area contributed by atoms with Crippen LogP contribution in [0, 0.1) is 5.92 Å². The molecule has 0 saturated carbocycles. The molecule has 11 nitrogen and oxygen atoms in total. The number of amides is 2. The van der Waals surface area contributed by atoms with Crippen molar-refractivity contribution < 1.29 is 24.5 Å². The van der Waals surface area contributed by atoms with Gasteiger partial charge in [-0.15, -0.1) is 0 Å². The zero-order valence-electron chi connectivity index (χ0n) is 14.6. The molecule has 4 atom stereocenters. The SMILES string of the molecule is C=C1N[C@H]2[C@H](COC(N)=O)N=C(NC(=O)C(Cl)(Cl)Cl)N3C[C@H](C)C(O)(O)[C@]23N1. The van der Waals surface area contributed by atoms with Crippen molar-refractivity contribution >= 4 is 52.8 Å².